The molecule has 4 nitrogen and oxygen atoms in total. The number of amides is 1. The average Bonchev–Trinajstić information content (AvgIpc) is 3.19. The van der Waals surface area contributed by atoms with Crippen LogP contribution in [0, 0.1) is 0 Å². The van der Waals surface area contributed by atoms with E-state index in [9.17, 15) is 4.79 Å². The predicted octanol–water partition coefficient (Wildman–Crippen LogP) is 3.31. The topological polar surface area (TPSA) is 45.2 Å². The zero-order valence-corrected chi connectivity index (χ0v) is 12.7. The highest BCUT2D eigenvalue weighted by molar-refractivity contribution is 7.09. The van der Waals surface area contributed by atoms with Crippen LogP contribution in [-0.4, -0.2) is 24.0 Å². The van der Waals surface area contributed by atoms with Crippen LogP contribution in [0.25, 0.3) is 0 Å². The molecular formula is C16H19N3OS. The van der Waals surface area contributed by atoms with E-state index in [0.717, 1.165) is 31.0 Å². The van der Waals surface area contributed by atoms with Crippen molar-refractivity contribution in [3.63, 3.8) is 0 Å². The lowest BCUT2D eigenvalue weighted by Gasteiger charge is -2.16. The van der Waals surface area contributed by atoms with Crippen molar-refractivity contribution in [1.29, 1.82) is 0 Å². The summed E-state index contributed by atoms with van der Waals surface area (Å²) >= 11 is 1.69. The standard InChI is InChI=1S/C16H19N3OS/c20-16(8-6-14-4-3-11-21-14)18-13-5-7-15(17-12-13)19-9-1-2-10-19/h3-5,7,11-12H,1-2,6,8-10H2,(H,18,20). The molecule has 3 heterocycles. The Balaban J connectivity index is 1.51. The Labute approximate surface area is 128 Å². The van der Waals surface area contributed by atoms with E-state index in [0.29, 0.717) is 6.42 Å². The summed E-state index contributed by atoms with van der Waals surface area (Å²) in [4.78, 5) is 19.9. The lowest BCUT2D eigenvalue weighted by Crippen LogP contribution is -2.19. The van der Waals surface area contributed by atoms with E-state index in [4.69, 9.17) is 0 Å². The van der Waals surface area contributed by atoms with E-state index in [1.165, 1.54) is 17.7 Å². The molecule has 0 bridgehead atoms. The fourth-order valence-electron chi connectivity index (χ4n) is 2.51. The molecule has 2 aromatic heterocycles. The number of aromatic nitrogens is 1. The lowest BCUT2D eigenvalue weighted by atomic mass is 10.2. The molecule has 0 radical (unpaired) electrons. The zero-order chi connectivity index (χ0) is 14.5. The molecule has 3 rings (SSSR count). The van der Waals surface area contributed by atoms with Gasteiger partial charge in [0.2, 0.25) is 5.91 Å². The van der Waals surface area contributed by atoms with Gasteiger partial charge in [-0.2, -0.15) is 0 Å². The molecule has 0 aliphatic carbocycles. The van der Waals surface area contributed by atoms with Crippen LogP contribution in [0.1, 0.15) is 24.1 Å². The van der Waals surface area contributed by atoms with Crippen molar-refractivity contribution in [1.82, 2.24) is 4.98 Å². The van der Waals surface area contributed by atoms with Crippen LogP contribution >= 0.6 is 11.3 Å². The third kappa shape index (κ3) is 3.82. The quantitative estimate of drug-likeness (QED) is 0.921. The van der Waals surface area contributed by atoms with Crippen LogP contribution in [0.2, 0.25) is 0 Å². The highest BCUT2D eigenvalue weighted by Gasteiger charge is 2.13. The van der Waals surface area contributed by atoms with Crippen LogP contribution in [0.15, 0.2) is 35.8 Å². The fraction of sp³-hybridized carbons (Fsp3) is 0.375. The molecule has 1 saturated heterocycles. The van der Waals surface area contributed by atoms with Gasteiger partial charge in [-0.05, 0) is 42.8 Å². The van der Waals surface area contributed by atoms with Gasteiger partial charge in [-0.25, -0.2) is 4.98 Å². The van der Waals surface area contributed by atoms with Crippen LogP contribution < -0.4 is 10.2 Å². The maximum atomic E-state index is 11.9. The molecule has 5 heteroatoms. The minimum absolute atomic E-state index is 0.0409. The molecular weight excluding hydrogens is 282 g/mol. The smallest absolute Gasteiger partial charge is 0.224 e. The Hall–Kier alpha value is -1.88. The zero-order valence-electron chi connectivity index (χ0n) is 11.9. The molecule has 2 aromatic rings. The van der Waals surface area contributed by atoms with Gasteiger partial charge < -0.3 is 10.2 Å². The first kappa shape index (κ1) is 14.1. The summed E-state index contributed by atoms with van der Waals surface area (Å²) in [6.07, 6.45) is 5.53. The van der Waals surface area contributed by atoms with Crippen molar-refractivity contribution in [2.75, 3.05) is 23.3 Å². The molecule has 1 aliphatic rings. The number of carbonyl (C=O) groups is 1. The summed E-state index contributed by atoms with van der Waals surface area (Å²) in [7, 11) is 0. The van der Waals surface area contributed by atoms with Gasteiger partial charge in [0, 0.05) is 24.4 Å². The van der Waals surface area contributed by atoms with E-state index >= 15 is 0 Å². The third-order valence-corrected chi connectivity index (χ3v) is 4.58. The SMILES string of the molecule is O=C(CCc1cccs1)Nc1ccc(N2CCCC2)nc1. The van der Waals surface area contributed by atoms with E-state index in [1.807, 2.05) is 23.6 Å². The van der Waals surface area contributed by atoms with Gasteiger partial charge in [0.05, 0.1) is 11.9 Å². The number of nitrogens with zero attached hydrogens (tertiary/aromatic N) is 2. The van der Waals surface area contributed by atoms with Crippen molar-refractivity contribution in [2.45, 2.75) is 25.7 Å². The van der Waals surface area contributed by atoms with Gasteiger partial charge in [-0.1, -0.05) is 6.07 Å². The van der Waals surface area contributed by atoms with Gasteiger partial charge in [-0.3, -0.25) is 4.79 Å². The predicted molar refractivity (Wildman–Crippen MR) is 87.0 cm³/mol. The van der Waals surface area contributed by atoms with Crippen molar-refractivity contribution in [3.05, 3.63) is 40.7 Å². The first-order valence-corrected chi connectivity index (χ1v) is 8.22. The molecule has 0 aromatic carbocycles. The first-order valence-electron chi connectivity index (χ1n) is 7.34. The summed E-state index contributed by atoms with van der Waals surface area (Å²) < 4.78 is 0. The Morgan fingerprint density at radius 2 is 2.14 bits per heavy atom. The molecule has 1 amide bonds. The van der Waals surface area contributed by atoms with Crippen LogP contribution in [0.5, 0.6) is 0 Å². The number of anilines is 2. The molecule has 110 valence electrons. The Morgan fingerprint density at radius 3 is 2.81 bits per heavy atom. The normalized spacial score (nSPS) is 14.4. The van der Waals surface area contributed by atoms with E-state index in [2.05, 4.69) is 21.3 Å². The van der Waals surface area contributed by atoms with Crippen molar-refractivity contribution >= 4 is 28.7 Å². The molecule has 0 unspecified atom stereocenters. The van der Waals surface area contributed by atoms with Crippen molar-refractivity contribution in [3.8, 4) is 0 Å². The lowest BCUT2D eigenvalue weighted by molar-refractivity contribution is -0.116. The average molecular weight is 301 g/mol. The molecule has 0 spiro atoms. The number of hydrogen-bond acceptors (Lipinski definition) is 4. The summed E-state index contributed by atoms with van der Waals surface area (Å²) in [5.41, 5.74) is 0.772. The second-order valence-corrected chi connectivity index (χ2v) is 6.26. The number of pyridine rings is 1. The fourth-order valence-corrected chi connectivity index (χ4v) is 3.22. The Morgan fingerprint density at radius 1 is 1.29 bits per heavy atom. The molecule has 1 aliphatic heterocycles. The van der Waals surface area contributed by atoms with Gasteiger partial charge in [-0.15, -0.1) is 11.3 Å². The minimum atomic E-state index is 0.0409. The van der Waals surface area contributed by atoms with Crippen LogP contribution in [0.3, 0.4) is 0 Å². The summed E-state index contributed by atoms with van der Waals surface area (Å²) in [5, 5.41) is 4.94. The largest absolute Gasteiger partial charge is 0.357 e. The van der Waals surface area contributed by atoms with Gasteiger partial charge in [0.15, 0.2) is 0 Å². The highest BCUT2D eigenvalue weighted by atomic mass is 32.1. The molecule has 1 N–H and O–H groups in total. The molecule has 21 heavy (non-hydrogen) atoms. The number of rotatable bonds is 5. The van der Waals surface area contributed by atoms with Crippen molar-refractivity contribution in [2.24, 2.45) is 0 Å². The third-order valence-electron chi connectivity index (χ3n) is 3.64. The first-order chi connectivity index (χ1) is 10.3. The monoisotopic (exact) mass is 301 g/mol. The van der Waals surface area contributed by atoms with Crippen LogP contribution in [-0.2, 0) is 11.2 Å². The summed E-state index contributed by atoms with van der Waals surface area (Å²) in [6, 6.07) is 7.99. The number of nitrogens with one attached hydrogen (secondary N) is 1. The summed E-state index contributed by atoms with van der Waals surface area (Å²) in [6.45, 7) is 2.17. The highest BCUT2D eigenvalue weighted by Crippen LogP contribution is 2.19. The van der Waals surface area contributed by atoms with Gasteiger partial charge in [0.25, 0.3) is 0 Å². The van der Waals surface area contributed by atoms with E-state index in [-0.39, 0.29) is 5.91 Å². The van der Waals surface area contributed by atoms with Gasteiger partial charge in [0.1, 0.15) is 5.82 Å². The Bertz CT molecular complexity index is 574. The molecule has 0 atom stereocenters. The molecule has 0 saturated carbocycles. The number of carbonyl (C=O) groups excluding carboxylic acids is 1. The van der Waals surface area contributed by atoms with Crippen molar-refractivity contribution < 1.29 is 4.79 Å². The second kappa shape index (κ2) is 6.72. The van der Waals surface area contributed by atoms with Crippen LogP contribution in [0.4, 0.5) is 11.5 Å². The number of hydrogen-bond donors (Lipinski definition) is 1. The number of aryl methyl sites for hydroxylation is 1. The molecule has 1 fully saturated rings. The summed E-state index contributed by atoms with van der Waals surface area (Å²) in [5.74, 6) is 1.04. The maximum Gasteiger partial charge on any atom is 0.224 e. The number of thiophene rings is 1. The minimum Gasteiger partial charge on any atom is -0.357 e. The van der Waals surface area contributed by atoms with E-state index < -0.39 is 0 Å². The maximum absolute atomic E-state index is 11.9. The van der Waals surface area contributed by atoms with E-state index in [1.54, 1.807) is 17.5 Å². The second-order valence-electron chi connectivity index (χ2n) is 5.23. The Kier molecular flexibility index (Phi) is 4.50. The van der Waals surface area contributed by atoms with Gasteiger partial charge >= 0.3 is 0 Å².